The molecule has 1 aliphatic rings. The zero-order valence-electron chi connectivity index (χ0n) is 7.80. The Morgan fingerprint density at radius 2 is 2.13 bits per heavy atom. The number of amides is 1. The van der Waals surface area contributed by atoms with Crippen molar-refractivity contribution < 1.29 is 19.1 Å². The van der Waals surface area contributed by atoms with Gasteiger partial charge in [0.15, 0.2) is 0 Å². The monoisotopic (exact) mass is 207 g/mol. The number of nitrogens with one attached hydrogen (secondary N) is 1. The third-order valence-corrected chi connectivity index (χ3v) is 1.91. The summed E-state index contributed by atoms with van der Waals surface area (Å²) >= 11 is 0. The van der Waals surface area contributed by atoms with E-state index < -0.39 is 18.2 Å². The first-order valence-corrected chi connectivity index (χ1v) is 4.47. The van der Waals surface area contributed by atoms with Gasteiger partial charge in [0.1, 0.15) is 5.75 Å². The molecule has 0 bridgehead atoms. The summed E-state index contributed by atoms with van der Waals surface area (Å²) in [6, 6.07) is 8.63. The molecular weight excluding hydrogens is 198 g/mol. The number of carbonyl (C=O) groups excluding carboxylic acids is 2. The van der Waals surface area contributed by atoms with Crippen molar-refractivity contribution in [3.8, 4) is 5.75 Å². The number of para-hydroxylation sites is 1. The maximum Gasteiger partial charge on any atom is 0.408 e. The lowest BCUT2D eigenvalue weighted by molar-refractivity contribution is -0.141. The molecule has 0 spiro atoms. The van der Waals surface area contributed by atoms with Gasteiger partial charge in [-0.05, 0) is 12.1 Å². The number of rotatable bonds is 2. The highest BCUT2D eigenvalue weighted by atomic mass is 16.6. The highest BCUT2D eigenvalue weighted by molar-refractivity contribution is 5.83. The van der Waals surface area contributed by atoms with Crippen molar-refractivity contribution in [2.45, 2.75) is 6.10 Å². The van der Waals surface area contributed by atoms with Gasteiger partial charge in [-0.15, -0.1) is 0 Å². The zero-order chi connectivity index (χ0) is 10.7. The molecule has 0 unspecified atom stereocenters. The summed E-state index contributed by atoms with van der Waals surface area (Å²) in [5, 5.41) is 2.37. The second-order valence-corrected chi connectivity index (χ2v) is 3.01. The van der Waals surface area contributed by atoms with Gasteiger partial charge in [0, 0.05) is 0 Å². The van der Waals surface area contributed by atoms with Crippen LogP contribution in [-0.4, -0.2) is 24.7 Å². The summed E-state index contributed by atoms with van der Waals surface area (Å²) in [7, 11) is 0. The maximum absolute atomic E-state index is 11.4. The quantitative estimate of drug-likeness (QED) is 0.572. The van der Waals surface area contributed by atoms with Crippen LogP contribution in [0, 0.1) is 0 Å². The van der Waals surface area contributed by atoms with Crippen molar-refractivity contribution in [1.29, 1.82) is 0 Å². The van der Waals surface area contributed by atoms with Crippen LogP contribution in [0.4, 0.5) is 4.79 Å². The molecule has 1 aromatic rings. The van der Waals surface area contributed by atoms with Gasteiger partial charge in [0.25, 0.3) is 0 Å². The summed E-state index contributed by atoms with van der Waals surface area (Å²) in [4.78, 5) is 22.1. The molecule has 5 heteroatoms. The van der Waals surface area contributed by atoms with Gasteiger partial charge in [0.05, 0.1) is 6.54 Å². The topological polar surface area (TPSA) is 64.6 Å². The van der Waals surface area contributed by atoms with E-state index in [2.05, 4.69) is 10.1 Å². The molecule has 1 saturated heterocycles. The number of ether oxygens (including phenoxy) is 2. The van der Waals surface area contributed by atoms with Crippen LogP contribution in [-0.2, 0) is 9.53 Å². The number of cyclic esters (lactones) is 1. The first kappa shape index (κ1) is 9.51. The lowest BCUT2D eigenvalue weighted by atomic mass is 10.3. The van der Waals surface area contributed by atoms with Gasteiger partial charge in [-0.1, -0.05) is 18.2 Å². The van der Waals surface area contributed by atoms with E-state index >= 15 is 0 Å². The van der Waals surface area contributed by atoms with Crippen LogP contribution in [0.15, 0.2) is 30.3 Å². The summed E-state index contributed by atoms with van der Waals surface area (Å²) in [6.07, 6.45) is -1.44. The van der Waals surface area contributed by atoms with Gasteiger partial charge in [-0.2, -0.15) is 0 Å². The molecule has 1 fully saturated rings. The van der Waals surface area contributed by atoms with Crippen LogP contribution in [0.3, 0.4) is 0 Å². The van der Waals surface area contributed by atoms with E-state index in [9.17, 15) is 9.59 Å². The molecular formula is C10H9NO4. The Kier molecular flexibility index (Phi) is 2.53. The van der Waals surface area contributed by atoms with E-state index in [0.717, 1.165) is 0 Å². The van der Waals surface area contributed by atoms with Crippen LogP contribution in [0.1, 0.15) is 0 Å². The fourth-order valence-electron chi connectivity index (χ4n) is 1.19. The second-order valence-electron chi connectivity index (χ2n) is 3.01. The average Bonchev–Trinajstić information content (AvgIpc) is 2.66. The van der Waals surface area contributed by atoms with Gasteiger partial charge < -0.3 is 14.8 Å². The van der Waals surface area contributed by atoms with Gasteiger partial charge >= 0.3 is 12.1 Å². The Labute approximate surface area is 86.0 Å². The molecule has 1 heterocycles. The minimum atomic E-state index is -0.849. The van der Waals surface area contributed by atoms with Crippen molar-refractivity contribution in [3.05, 3.63) is 30.3 Å². The minimum absolute atomic E-state index is 0.157. The van der Waals surface area contributed by atoms with Crippen molar-refractivity contribution in [2.24, 2.45) is 0 Å². The van der Waals surface area contributed by atoms with E-state index in [1.54, 1.807) is 24.3 Å². The van der Waals surface area contributed by atoms with Crippen molar-refractivity contribution in [1.82, 2.24) is 5.32 Å². The Morgan fingerprint density at radius 1 is 1.40 bits per heavy atom. The van der Waals surface area contributed by atoms with Crippen LogP contribution in [0.5, 0.6) is 5.75 Å². The first-order chi connectivity index (χ1) is 7.25. The zero-order valence-corrected chi connectivity index (χ0v) is 7.80. The third-order valence-electron chi connectivity index (χ3n) is 1.91. The number of alkyl carbamates (subject to hydrolysis) is 1. The Bertz CT molecular complexity index is 376. The molecule has 0 saturated carbocycles. The van der Waals surface area contributed by atoms with E-state index in [-0.39, 0.29) is 6.54 Å². The first-order valence-electron chi connectivity index (χ1n) is 4.47. The maximum atomic E-state index is 11.4. The normalized spacial score (nSPS) is 19.2. The van der Waals surface area contributed by atoms with Crippen LogP contribution >= 0.6 is 0 Å². The van der Waals surface area contributed by atoms with E-state index in [1.165, 1.54) is 0 Å². The number of esters is 1. The number of hydrogen-bond donors (Lipinski definition) is 1. The molecule has 0 radical (unpaired) electrons. The smallest absolute Gasteiger partial charge is 0.408 e. The van der Waals surface area contributed by atoms with E-state index in [4.69, 9.17) is 4.74 Å². The molecule has 1 amide bonds. The van der Waals surface area contributed by atoms with Crippen molar-refractivity contribution in [2.75, 3.05) is 6.54 Å². The van der Waals surface area contributed by atoms with Crippen molar-refractivity contribution in [3.63, 3.8) is 0 Å². The second kappa shape index (κ2) is 4.00. The number of benzene rings is 1. The lowest BCUT2D eigenvalue weighted by Crippen LogP contribution is -2.29. The van der Waals surface area contributed by atoms with E-state index in [1.807, 2.05) is 6.07 Å². The van der Waals surface area contributed by atoms with Gasteiger partial charge in [-0.25, -0.2) is 9.59 Å². The molecule has 15 heavy (non-hydrogen) atoms. The molecule has 1 atom stereocenters. The molecule has 0 aliphatic carbocycles. The Morgan fingerprint density at radius 3 is 2.73 bits per heavy atom. The SMILES string of the molecule is O=C1NC[C@H](C(=O)Oc2ccccc2)O1. The standard InChI is InChI=1S/C10H9NO4/c12-9(8-6-11-10(13)15-8)14-7-4-2-1-3-5-7/h1-5,8H,6H2,(H,11,13)/t8-/m1/s1. The summed E-state index contributed by atoms with van der Waals surface area (Å²) < 4.78 is 9.66. The highest BCUT2D eigenvalue weighted by Gasteiger charge is 2.30. The molecule has 5 nitrogen and oxygen atoms in total. The summed E-state index contributed by atoms with van der Waals surface area (Å²) in [5.41, 5.74) is 0. The Hall–Kier alpha value is -2.04. The predicted molar refractivity (Wildman–Crippen MR) is 50.3 cm³/mol. The molecule has 0 aromatic heterocycles. The summed E-state index contributed by atoms with van der Waals surface area (Å²) in [5.74, 6) is -0.134. The lowest BCUT2D eigenvalue weighted by Gasteiger charge is -2.07. The van der Waals surface area contributed by atoms with Crippen molar-refractivity contribution >= 4 is 12.1 Å². The minimum Gasteiger partial charge on any atom is -0.432 e. The van der Waals surface area contributed by atoms with Crippen LogP contribution in [0.2, 0.25) is 0 Å². The van der Waals surface area contributed by atoms with Gasteiger partial charge in [-0.3, -0.25) is 0 Å². The molecule has 1 aromatic carbocycles. The molecule has 1 aliphatic heterocycles. The van der Waals surface area contributed by atoms with Gasteiger partial charge in [0.2, 0.25) is 6.10 Å². The molecule has 2 rings (SSSR count). The summed E-state index contributed by atoms with van der Waals surface area (Å²) in [6.45, 7) is 0.157. The highest BCUT2D eigenvalue weighted by Crippen LogP contribution is 2.11. The third kappa shape index (κ3) is 2.25. The van der Waals surface area contributed by atoms with E-state index in [0.29, 0.717) is 5.75 Å². The predicted octanol–water partition coefficient (Wildman–Crippen LogP) is 0.700. The molecule has 78 valence electrons. The fraction of sp³-hybridized carbons (Fsp3) is 0.200. The average molecular weight is 207 g/mol. The Balaban J connectivity index is 1.96. The fourth-order valence-corrected chi connectivity index (χ4v) is 1.19. The molecule has 1 N–H and O–H groups in total. The largest absolute Gasteiger partial charge is 0.432 e. The van der Waals surface area contributed by atoms with Crippen LogP contribution in [0.25, 0.3) is 0 Å². The van der Waals surface area contributed by atoms with Crippen LogP contribution < -0.4 is 10.1 Å². The number of hydrogen-bond acceptors (Lipinski definition) is 4. The number of carbonyl (C=O) groups is 2.